The van der Waals surface area contributed by atoms with Gasteiger partial charge in [-0.05, 0) is 32.7 Å². The van der Waals surface area contributed by atoms with Crippen LogP contribution in [0.5, 0.6) is 0 Å². The molecule has 0 aromatic heterocycles. The van der Waals surface area contributed by atoms with Crippen LogP contribution in [0.2, 0.25) is 0 Å². The zero-order valence-electron chi connectivity index (χ0n) is 26.7. The Morgan fingerprint density at radius 3 is 1.09 bits per heavy atom. The van der Waals surface area contributed by atoms with E-state index >= 15 is 0 Å². The van der Waals surface area contributed by atoms with Gasteiger partial charge in [0, 0.05) is 11.0 Å². The Morgan fingerprint density at radius 2 is 0.696 bits per heavy atom. The van der Waals surface area contributed by atoms with Crippen LogP contribution in [-0.4, -0.2) is 11.0 Å². The van der Waals surface area contributed by atoms with E-state index in [9.17, 15) is 0 Å². The third-order valence-electron chi connectivity index (χ3n) is 7.95. The molecule has 0 aliphatic carbocycles. The van der Waals surface area contributed by atoms with Crippen LogP contribution in [0.25, 0.3) is 65.3 Å². The maximum atomic E-state index is 2.28. The van der Waals surface area contributed by atoms with Crippen LogP contribution >= 0.6 is 24.8 Å². The van der Waals surface area contributed by atoms with Crippen LogP contribution in [-0.2, 0) is 25.8 Å². The summed E-state index contributed by atoms with van der Waals surface area (Å²) >= 11 is 0. The first-order valence-electron chi connectivity index (χ1n) is 13.9. The predicted octanol–water partition coefficient (Wildman–Crippen LogP) is 12.7. The van der Waals surface area contributed by atoms with Crippen LogP contribution in [0.1, 0.15) is 11.1 Å². The summed E-state index contributed by atoms with van der Waals surface area (Å²) in [5.74, 6) is 0. The van der Waals surface area contributed by atoms with Gasteiger partial charge in [-0.25, -0.2) is 0 Å². The zero-order valence-corrected chi connectivity index (χ0v) is 32.9. The molecule has 4 heteroatoms. The molecule has 0 amide bonds. The Kier molecular flexibility index (Phi) is 15.6. The number of hydrogen-bond acceptors (Lipinski definition) is 0. The Morgan fingerprint density at radius 1 is 0.391 bits per heavy atom. The normalized spacial score (nSPS) is 9.78. The molecule has 8 aromatic carbocycles. The van der Waals surface area contributed by atoms with Crippen molar-refractivity contribution < 1.29 is 25.8 Å². The van der Waals surface area contributed by atoms with Gasteiger partial charge in [-0.1, -0.05) is 122 Å². The summed E-state index contributed by atoms with van der Waals surface area (Å²) < 4.78 is 0. The largest absolute Gasteiger partial charge is 4.00 e. The van der Waals surface area contributed by atoms with E-state index in [4.69, 9.17) is 0 Å². The molecule has 4 radical (unpaired) electrons. The molecule has 0 aliphatic heterocycles. The van der Waals surface area contributed by atoms with Crippen molar-refractivity contribution in [2.75, 3.05) is 0 Å². The molecule has 0 fully saturated rings. The summed E-state index contributed by atoms with van der Waals surface area (Å²) in [5, 5.41) is 10.6. The zero-order chi connectivity index (χ0) is 27.1. The van der Waals surface area contributed by atoms with Crippen molar-refractivity contribution in [3.05, 3.63) is 172 Å². The summed E-state index contributed by atoms with van der Waals surface area (Å²) in [6, 6.07) is 52.5. The van der Waals surface area contributed by atoms with Gasteiger partial charge in [-0.15, -0.1) is 93.9 Å². The fourth-order valence-electron chi connectivity index (χ4n) is 6.16. The van der Waals surface area contributed by atoms with E-state index in [0.717, 1.165) is 0 Å². The molecule has 0 saturated carbocycles. The van der Waals surface area contributed by atoms with Crippen LogP contribution in [0, 0.1) is 28.7 Å². The van der Waals surface area contributed by atoms with Crippen LogP contribution in [0.3, 0.4) is 0 Å². The Balaban J connectivity index is 0.000000407. The molecule has 0 spiro atoms. The summed E-state index contributed by atoms with van der Waals surface area (Å²) in [6.07, 6.45) is 0. The van der Waals surface area contributed by atoms with E-state index in [2.05, 4.69) is 159 Å². The molecule has 0 nitrogen and oxygen atoms in total. The van der Waals surface area contributed by atoms with E-state index in [1.165, 1.54) is 76.5 Å². The average molecular weight is 820 g/mol. The van der Waals surface area contributed by atoms with Crippen LogP contribution in [0.4, 0.5) is 0 Å². The van der Waals surface area contributed by atoms with Gasteiger partial charge >= 0.3 is 25.8 Å². The quantitative estimate of drug-likeness (QED) is 0.120. The van der Waals surface area contributed by atoms with Crippen LogP contribution in [0.15, 0.2) is 146 Å². The van der Waals surface area contributed by atoms with Gasteiger partial charge in [0.05, 0.1) is 0 Å². The summed E-state index contributed by atoms with van der Waals surface area (Å²) in [6.45, 7) is 4.32. The number of aryl methyl sites for hydroxylation is 2. The van der Waals surface area contributed by atoms with Crippen LogP contribution < -0.4 is 0 Å². The molecule has 0 heterocycles. The van der Waals surface area contributed by atoms with Crippen molar-refractivity contribution in [2.45, 2.75) is 13.8 Å². The first-order chi connectivity index (χ1) is 19.7. The molecule has 0 aliphatic rings. The fraction of sp³-hybridized carbons (Fsp3) is 0.0476. The van der Waals surface area contributed by atoms with Gasteiger partial charge in [0.2, 0.25) is 0 Å². The van der Waals surface area contributed by atoms with Gasteiger partial charge in [-0.3, -0.25) is 0 Å². The second-order valence-corrected chi connectivity index (χ2v) is 10.7. The van der Waals surface area contributed by atoms with Crippen molar-refractivity contribution in [3.8, 4) is 22.3 Å². The Hall–Kier alpha value is -3.27. The van der Waals surface area contributed by atoms with E-state index in [1.807, 2.05) is 0 Å². The fourth-order valence-corrected chi connectivity index (χ4v) is 6.16. The van der Waals surface area contributed by atoms with Crippen molar-refractivity contribution in [1.82, 2.24) is 0 Å². The molecular weight excluding hydrogens is 782 g/mol. The van der Waals surface area contributed by atoms with Crippen molar-refractivity contribution in [3.63, 3.8) is 0 Å². The van der Waals surface area contributed by atoms with E-state index in [-0.39, 0.29) is 76.5 Å². The third-order valence-corrected chi connectivity index (χ3v) is 7.95. The molecule has 8 rings (SSSR count). The van der Waals surface area contributed by atoms with Gasteiger partial charge < -0.3 is 14.9 Å². The molecule has 0 saturated heterocycles. The second-order valence-electron chi connectivity index (χ2n) is 10.7. The SMILES string of the molecule is Cc1cc2c(-c3cccc4ccccc34)cccc2[cH-]1.Cc1cc2c(-c3cccc4ccccc34)cccc2[cH-]1.Cl.Cl.[CH3-].[CH3-].[Hf+4].[Si]. The first kappa shape index (κ1) is 40.8. The van der Waals surface area contributed by atoms with Gasteiger partial charge in [0.15, 0.2) is 0 Å². The molecule has 0 atom stereocenters. The van der Waals surface area contributed by atoms with Crippen molar-refractivity contribution in [2.24, 2.45) is 0 Å². The average Bonchev–Trinajstić information content (AvgIpc) is 3.57. The third kappa shape index (κ3) is 7.81. The van der Waals surface area contributed by atoms with Gasteiger partial charge in [0.1, 0.15) is 0 Å². The molecular formula is C42H38Cl2HfSi. The number of halogens is 2. The van der Waals surface area contributed by atoms with Crippen molar-refractivity contribution >= 4 is 78.9 Å². The second kappa shape index (κ2) is 17.6. The molecule has 0 N–H and O–H groups in total. The number of fused-ring (bicyclic) bond motifs is 4. The molecule has 46 heavy (non-hydrogen) atoms. The number of benzene rings is 6. The summed E-state index contributed by atoms with van der Waals surface area (Å²) in [7, 11) is 0. The molecule has 0 bridgehead atoms. The predicted molar refractivity (Wildman–Crippen MR) is 208 cm³/mol. The number of rotatable bonds is 2. The van der Waals surface area contributed by atoms with Gasteiger partial charge in [0.25, 0.3) is 0 Å². The van der Waals surface area contributed by atoms with E-state index in [1.54, 1.807) is 0 Å². The topological polar surface area (TPSA) is 0 Å². The Labute approximate surface area is 310 Å². The first-order valence-corrected chi connectivity index (χ1v) is 13.9. The minimum absolute atomic E-state index is 0. The van der Waals surface area contributed by atoms with Gasteiger partial charge in [-0.2, -0.15) is 12.1 Å². The van der Waals surface area contributed by atoms with E-state index in [0.29, 0.717) is 0 Å². The van der Waals surface area contributed by atoms with E-state index < -0.39 is 0 Å². The number of hydrogen-bond donors (Lipinski definition) is 0. The maximum Gasteiger partial charge on any atom is 4.00 e. The molecule has 0 unspecified atom stereocenters. The monoisotopic (exact) mass is 820 g/mol. The standard InChI is InChI=1S/2C20H15.2CH3.2ClH.Hf.Si/c2*1-14-12-16-8-5-11-19(20(16)13-14)18-10-4-7-15-6-2-3-9-17(15)18;;;;;;/h2*2-13H,1H3;2*1H3;2*1H;;/q4*-1;;;+4;. The summed E-state index contributed by atoms with van der Waals surface area (Å²) in [4.78, 5) is 0. The van der Waals surface area contributed by atoms with Crippen molar-refractivity contribution in [1.29, 1.82) is 0 Å². The molecule has 8 aromatic rings. The summed E-state index contributed by atoms with van der Waals surface area (Å²) in [5.41, 5.74) is 7.94. The Bertz CT molecular complexity index is 1990. The minimum Gasteiger partial charge on any atom is -0.358 e. The smallest absolute Gasteiger partial charge is 0.358 e. The molecule has 228 valence electrons. The maximum absolute atomic E-state index is 2.28. The minimum atomic E-state index is 0.